The normalized spacial score (nSPS) is 12.2. The highest BCUT2D eigenvalue weighted by atomic mass is 16.3. The van der Waals surface area contributed by atoms with Crippen molar-refractivity contribution in [2.24, 2.45) is 0 Å². The molecule has 2 N–H and O–H groups in total. The van der Waals surface area contributed by atoms with Gasteiger partial charge in [0.1, 0.15) is 11.5 Å². The standard InChI is InChI=1S/C36H50O2/c1-7-9-11-13-16-27-24-31(37)20-22-33(27)35(3,4)29-18-15-19-30(26-29)36(5,6)34-23-21-32(38)25-28(34)17-14-12-10-8-2/h15,18-26,37-38H,7-14,16-17H2,1-6H3. The smallest absolute Gasteiger partial charge is 0.115 e. The summed E-state index contributed by atoms with van der Waals surface area (Å²) in [5.41, 5.74) is 7.27. The largest absolute Gasteiger partial charge is 0.508 e. The monoisotopic (exact) mass is 514 g/mol. The molecule has 3 aromatic rings. The van der Waals surface area contributed by atoms with Crippen LogP contribution in [0.5, 0.6) is 11.5 Å². The number of phenols is 2. The first-order valence-electron chi connectivity index (χ1n) is 14.9. The average Bonchev–Trinajstić information content (AvgIpc) is 2.89. The Balaban J connectivity index is 1.96. The van der Waals surface area contributed by atoms with Gasteiger partial charge in [-0.1, -0.05) is 116 Å². The topological polar surface area (TPSA) is 40.5 Å². The Labute approximate surface area is 232 Å². The van der Waals surface area contributed by atoms with Gasteiger partial charge in [-0.15, -0.1) is 0 Å². The Morgan fingerprint density at radius 3 is 1.34 bits per heavy atom. The van der Waals surface area contributed by atoms with Crippen molar-refractivity contribution in [3.63, 3.8) is 0 Å². The predicted molar refractivity (Wildman–Crippen MR) is 163 cm³/mol. The molecule has 0 amide bonds. The van der Waals surface area contributed by atoms with E-state index in [1.54, 1.807) is 0 Å². The summed E-state index contributed by atoms with van der Waals surface area (Å²) in [4.78, 5) is 0. The van der Waals surface area contributed by atoms with Crippen LogP contribution in [0.1, 0.15) is 126 Å². The maximum atomic E-state index is 10.3. The van der Waals surface area contributed by atoms with E-state index in [1.165, 1.54) is 71.9 Å². The van der Waals surface area contributed by atoms with Crippen molar-refractivity contribution in [2.75, 3.05) is 0 Å². The highest BCUT2D eigenvalue weighted by Gasteiger charge is 2.30. The Bertz CT molecular complexity index is 1080. The molecule has 0 bridgehead atoms. The molecule has 206 valence electrons. The van der Waals surface area contributed by atoms with E-state index in [0.29, 0.717) is 11.5 Å². The lowest BCUT2D eigenvalue weighted by molar-refractivity contribution is 0.472. The molecular formula is C36H50O2. The van der Waals surface area contributed by atoms with Crippen LogP contribution in [0.2, 0.25) is 0 Å². The third kappa shape index (κ3) is 7.22. The fraction of sp³-hybridized carbons (Fsp3) is 0.500. The van der Waals surface area contributed by atoms with Gasteiger partial charge < -0.3 is 10.2 Å². The second-order valence-electron chi connectivity index (χ2n) is 12.1. The minimum Gasteiger partial charge on any atom is -0.508 e. The molecule has 0 atom stereocenters. The van der Waals surface area contributed by atoms with Crippen LogP contribution in [0.4, 0.5) is 0 Å². The van der Waals surface area contributed by atoms with E-state index in [2.05, 4.69) is 77.9 Å². The van der Waals surface area contributed by atoms with Gasteiger partial charge in [-0.2, -0.15) is 0 Å². The van der Waals surface area contributed by atoms with Crippen LogP contribution in [0.15, 0.2) is 60.7 Å². The van der Waals surface area contributed by atoms with Crippen molar-refractivity contribution in [3.05, 3.63) is 94.0 Å². The minimum atomic E-state index is -0.197. The summed E-state index contributed by atoms with van der Waals surface area (Å²) in [5, 5.41) is 20.5. The molecule has 2 heteroatoms. The van der Waals surface area contributed by atoms with E-state index in [0.717, 1.165) is 25.7 Å². The van der Waals surface area contributed by atoms with Crippen molar-refractivity contribution >= 4 is 0 Å². The van der Waals surface area contributed by atoms with Gasteiger partial charge in [0, 0.05) is 10.8 Å². The average molecular weight is 515 g/mol. The number of benzene rings is 3. The molecule has 3 aromatic carbocycles. The highest BCUT2D eigenvalue weighted by Crippen LogP contribution is 2.40. The number of aromatic hydroxyl groups is 2. The zero-order valence-electron chi connectivity index (χ0n) is 24.7. The summed E-state index contributed by atoms with van der Waals surface area (Å²) in [6, 6.07) is 20.9. The third-order valence-electron chi connectivity index (χ3n) is 8.43. The van der Waals surface area contributed by atoms with Gasteiger partial charge >= 0.3 is 0 Å². The van der Waals surface area contributed by atoms with Crippen LogP contribution in [0, 0.1) is 0 Å². The van der Waals surface area contributed by atoms with E-state index in [9.17, 15) is 10.2 Å². The quantitative estimate of drug-likeness (QED) is 0.210. The summed E-state index contributed by atoms with van der Waals surface area (Å²) in [7, 11) is 0. The summed E-state index contributed by atoms with van der Waals surface area (Å²) < 4.78 is 0. The molecule has 0 aromatic heterocycles. The Morgan fingerprint density at radius 1 is 0.526 bits per heavy atom. The van der Waals surface area contributed by atoms with E-state index in [4.69, 9.17) is 0 Å². The first-order chi connectivity index (χ1) is 18.1. The highest BCUT2D eigenvalue weighted by molar-refractivity contribution is 5.50. The van der Waals surface area contributed by atoms with Gasteiger partial charge in [0.15, 0.2) is 0 Å². The minimum absolute atomic E-state index is 0.197. The van der Waals surface area contributed by atoms with Crippen LogP contribution >= 0.6 is 0 Å². The van der Waals surface area contributed by atoms with Crippen LogP contribution < -0.4 is 0 Å². The summed E-state index contributed by atoms with van der Waals surface area (Å²) in [6.07, 6.45) is 11.7. The molecule has 3 rings (SSSR count). The lowest BCUT2D eigenvalue weighted by Crippen LogP contribution is -2.24. The van der Waals surface area contributed by atoms with Gasteiger partial charge in [0.05, 0.1) is 0 Å². The number of hydrogen-bond acceptors (Lipinski definition) is 2. The van der Waals surface area contributed by atoms with E-state index in [-0.39, 0.29) is 10.8 Å². The molecule has 0 aliphatic heterocycles. The molecule has 0 saturated heterocycles. The summed E-state index contributed by atoms with van der Waals surface area (Å²) in [5.74, 6) is 0.701. The third-order valence-corrected chi connectivity index (χ3v) is 8.43. The molecule has 0 saturated carbocycles. The SMILES string of the molecule is CCCCCCc1cc(O)ccc1C(C)(C)c1cccc(C(C)(C)c2ccc(O)cc2CCCCCC)c1. The van der Waals surface area contributed by atoms with Crippen molar-refractivity contribution < 1.29 is 10.2 Å². The molecule has 0 aliphatic carbocycles. The van der Waals surface area contributed by atoms with Crippen molar-refractivity contribution in [2.45, 2.75) is 117 Å². The van der Waals surface area contributed by atoms with Crippen LogP contribution in [-0.4, -0.2) is 10.2 Å². The number of phenolic OH excluding ortho intramolecular Hbond substituents is 2. The predicted octanol–water partition coefficient (Wildman–Crippen LogP) is 10.00. The van der Waals surface area contributed by atoms with Gasteiger partial charge in [-0.25, -0.2) is 0 Å². The molecule has 0 spiro atoms. The molecule has 0 aliphatic rings. The molecule has 0 unspecified atom stereocenters. The number of unbranched alkanes of at least 4 members (excludes halogenated alkanes) is 6. The molecule has 0 fully saturated rings. The number of aryl methyl sites for hydroxylation is 2. The Morgan fingerprint density at radius 2 is 0.947 bits per heavy atom. The summed E-state index contributed by atoms with van der Waals surface area (Å²) in [6.45, 7) is 13.7. The Hall–Kier alpha value is -2.74. The second kappa shape index (κ2) is 13.4. The van der Waals surface area contributed by atoms with Crippen molar-refractivity contribution in [3.8, 4) is 11.5 Å². The fourth-order valence-corrected chi connectivity index (χ4v) is 5.89. The molecular weight excluding hydrogens is 464 g/mol. The van der Waals surface area contributed by atoms with E-state index < -0.39 is 0 Å². The van der Waals surface area contributed by atoms with Gasteiger partial charge in [0.2, 0.25) is 0 Å². The molecule has 0 radical (unpaired) electrons. The van der Waals surface area contributed by atoms with Gasteiger partial charge in [-0.3, -0.25) is 0 Å². The Kier molecular flexibility index (Phi) is 10.5. The lowest BCUT2D eigenvalue weighted by Gasteiger charge is -2.33. The van der Waals surface area contributed by atoms with Crippen LogP contribution in [-0.2, 0) is 23.7 Å². The van der Waals surface area contributed by atoms with Crippen LogP contribution in [0.25, 0.3) is 0 Å². The zero-order chi connectivity index (χ0) is 27.8. The maximum Gasteiger partial charge on any atom is 0.115 e. The van der Waals surface area contributed by atoms with Crippen LogP contribution in [0.3, 0.4) is 0 Å². The molecule has 0 heterocycles. The maximum absolute atomic E-state index is 10.3. The summed E-state index contributed by atoms with van der Waals surface area (Å²) >= 11 is 0. The second-order valence-corrected chi connectivity index (χ2v) is 12.1. The zero-order valence-corrected chi connectivity index (χ0v) is 24.7. The molecule has 2 nitrogen and oxygen atoms in total. The fourth-order valence-electron chi connectivity index (χ4n) is 5.89. The van der Waals surface area contributed by atoms with Gasteiger partial charge in [-0.05, 0) is 83.3 Å². The number of hydrogen-bond donors (Lipinski definition) is 2. The first-order valence-corrected chi connectivity index (χ1v) is 14.9. The van der Waals surface area contributed by atoms with Gasteiger partial charge in [0.25, 0.3) is 0 Å². The van der Waals surface area contributed by atoms with Crippen molar-refractivity contribution in [1.29, 1.82) is 0 Å². The molecule has 38 heavy (non-hydrogen) atoms. The lowest BCUT2D eigenvalue weighted by atomic mass is 9.71. The van der Waals surface area contributed by atoms with E-state index >= 15 is 0 Å². The first kappa shape index (κ1) is 29.8. The number of rotatable bonds is 14. The van der Waals surface area contributed by atoms with Crippen molar-refractivity contribution in [1.82, 2.24) is 0 Å². The van der Waals surface area contributed by atoms with E-state index in [1.807, 2.05) is 24.3 Å².